The molecule has 1 aliphatic rings. The van der Waals surface area contributed by atoms with Gasteiger partial charge >= 0.3 is 0 Å². The van der Waals surface area contributed by atoms with E-state index in [1.165, 1.54) is 0 Å². The first-order chi connectivity index (χ1) is 14.4. The largest absolute Gasteiger partial charge is 0.376 e. The summed E-state index contributed by atoms with van der Waals surface area (Å²) in [5.74, 6) is -0.160. The lowest BCUT2D eigenvalue weighted by molar-refractivity contribution is 0.0506. The lowest BCUT2D eigenvalue weighted by Crippen LogP contribution is -2.38. The summed E-state index contributed by atoms with van der Waals surface area (Å²) in [6.07, 6.45) is 1.88. The molecule has 0 saturated carbocycles. The molecule has 1 unspecified atom stereocenters. The summed E-state index contributed by atoms with van der Waals surface area (Å²) in [5, 5.41) is 1.47. The van der Waals surface area contributed by atoms with Crippen LogP contribution in [0.2, 0.25) is 5.02 Å². The highest BCUT2D eigenvalue weighted by Crippen LogP contribution is 2.21. The predicted octanol–water partition coefficient (Wildman–Crippen LogP) is 4.62. The minimum absolute atomic E-state index is 0.0161. The number of fused-ring (bicyclic) bond motifs is 1. The van der Waals surface area contributed by atoms with Crippen LogP contribution in [-0.2, 0) is 11.3 Å². The summed E-state index contributed by atoms with van der Waals surface area (Å²) in [6.45, 7) is 5.38. The Balaban J connectivity index is 1.69. The van der Waals surface area contributed by atoms with Crippen molar-refractivity contribution in [3.63, 3.8) is 0 Å². The van der Waals surface area contributed by atoms with E-state index in [4.69, 9.17) is 16.3 Å². The third-order valence-electron chi connectivity index (χ3n) is 5.80. The zero-order valence-corrected chi connectivity index (χ0v) is 18.0. The van der Waals surface area contributed by atoms with Gasteiger partial charge < -0.3 is 14.6 Å². The first-order valence-corrected chi connectivity index (χ1v) is 10.6. The first kappa shape index (κ1) is 20.6. The van der Waals surface area contributed by atoms with E-state index < -0.39 is 0 Å². The normalized spacial score (nSPS) is 16.2. The zero-order valence-electron chi connectivity index (χ0n) is 17.2. The van der Waals surface area contributed by atoms with E-state index in [1.54, 1.807) is 29.2 Å². The van der Waals surface area contributed by atoms with Gasteiger partial charge in [-0.25, -0.2) is 0 Å². The summed E-state index contributed by atoms with van der Waals surface area (Å²) in [7, 11) is 0. The Morgan fingerprint density at radius 1 is 1.23 bits per heavy atom. The van der Waals surface area contributed by atoms with Crippen molar-refractivity contribution >= 4 is 28.4 Å². The second kappa shape index (κ2) is 8.62. The molecule has 6 heteroatoms. The van der Waals surface area contributed by atoms with Crippen LogP contribution in [0.15, 0.2) is 47.3 Å². The van der Waals surface area contributed by atoms with Crippen LogP contribution < -0.4 is 5.56 Å². The van der Waals surface area contributed by atoms with Gasteiger partial charge in [0, 0.05) is 29.3 Å². The van der Waals surface area contributed by atoms with Gasteiger partial charge in [0.15, 0.2) is 0 Å². The fraction of sp³-hybridized carbons (Fsp3) is 0.333. The Labute approximate surface area is 180 Å². The summed E-state index contributed by atoms with van der Waals surface area (Å²) in [5.41, 5.74) is 3.91. The average Bonchev–Trinajstić information content (AvgIpc) is 3.24. The van der Waals surface area contributed by atoms with Gasteiger partial charge in [0.1, 0.15) is 0 Å². The van der Waals surface area contributed by atoms with Gasteiger partial charge in [-0.2, -0.15) is 0 Å². The van der Waals surface area contributed by atoms with Crippen molar-refractivity contribution < 1.29 is 9.53 Å². The van der Waals surface area contributed by atoms with E-state index >= 15 is 0 Å². The number of aromatic amines is 1. The minimum Gasteiger partial charge on any atom is -0.376 e. The van der Waals surface area contributed by atoms with Gasteiger partial charge in [0.2, 0.25) is 0 Å². The molecule has 1 atom stereocenters. The molecule has 1 N–H and O–H groups in total. The number of rotatable bonds is 5. The van der Waals surface area contributed by atoms with Crippen molar-refractivity contribution in [3.05, 3.63) is 80.1 Å². The molecule has 1 aromatic heterocycles. The lowest BCUT2D eigenvalue weighted by atomic mass is 10.0. The zero-order chi connectivity index (χ0) is 21.3. The highest BCUT2D eigenvalue weighted by Gasteiger charge is 2.24. The summed E-state index contributed by atoms with van der Waals surface area (Å²) in [4.78, 5) is 30.8. The number of H-pyrrole nitrogens is 1. The van der Waals surface area contributed by atoms with Crippen LogP contribution in [0, 0.1) is 13.8 Å². The highest BCUT2D eigenvalue weighted by molar-refractivity contribution is 6.30. The molecule has 2 aromatic carbocycles. The molecule has 0 bridgehead atoms. The van der Waals surface area contributed by atoms with Crippen molar-refractivity contribution in [2.45, 2.75) is 39.3 Å². The molecule has 5 nitrogen and oxygen atoms in total. The van der Waals surface area contributed by atoms with Gasteiger partial charge in [-0.1, -0.05) is 29.8 Å². The molecule has 0 radical (unpaired) electrons. The molecule has 1 aliphatic heterocycles. The number of hydrogen-bond acceptors (Lipinski definition) is 3. The minimum atomic E-state index is -0.174. The lowest BCUT2D eigenvalue weighted by Gasteiger charge is -2.25. The Bertz CT molecular complexity index is 1150. The molecule has 1 amide bonds. The maximum absolute atomic E-state index is 13.3. The Morgan fingerprint density at radius 3 is 2.80 bits per heavy atom. The van der Waals surface area contributed by atoms with E-state index in [-0.39, 0.29) is 24.1 Å². The topological polar surface area (TPSA) is 62.4 Å². The van der Waals surface area contributed by atoms with Crippen LogP contribution in [0.3, 0.4) is 0 Å². The number of carbonyl (C=O) groups is 1. The van der Waals surface area contributed by atoms with Crippen LogP contribution in [0.25, 0.3) is 10.9 Å². The Hall–Kier alpha value is -2.63. The van der Waals surface area contributed by atoms with Gasteiger partial charge in [0.25, 0.3) is 11.5 Å². The van der Waals surface area contributed by atoms with E-state index in [9.17, 15) is 9.59 Å². The van der Waals surface area contributed by atoms with Crippen LogP contribution in [0.5, 0.6) is 0 Å². The maximum atomic E-state index is 13.3. The van der Waals surface area contributed by atoms with E-state index in [0.29, 0.717) is 29.3 Å². The average molecular weight is 425 g/mol. The number of ether oxygens (including phenoxy) is 1. The summed E-state index contributed by atoms with van der Waals surface area (Å²) < 4.78 is 5.75. The molecule has 1 fully saturated rings. The van der Waals surface area contributed by atoms with Crippen molar-refractivity contribution in [2.75, 3.05) is 13.2 Å². The van der Waals surface area contributed by atoms with Gasteiger partial charge in [-0.05, 0) is 67.5 Å². The molecular formula is C24H25ClN2O3. The smallest absolute Gasteiger partial charge is 0.254 e. The summed E-state index contributed by atoms with van der Waals surface area (Å²) >= 11 is 6.09. The van der Waals surface area contributed by atoms with Crippen molar-refractivity contribution in [3.8, 4) is 0 Å². The molecular weight excluding hydrogens is 400 g/mol. The fourth-order valence-electron chi connectivity index (χ4n) is 3.95. The number of benzene rings is 2. The number of aromatic nitrogens is 1. The molecule has 3 aromatic rings. The Morgan fingerprint density at radius 2 is 2.07 bits per heavy atom. The van der Waals surface area contributed by atoms with Crippen LogP contribution in [0.4, 0.5) is 0 Å². The Kier molecular flexibility index (Phi) is 5.93. The molecule has 156 valence electrons. The number of halogens is 1. The van der Waals surface area contributed by atoms with Crippen molar-refractivity contribution in [1.29, 1.82) is 0 Å². The number of nitrogens with zero attached hydrogens (tertiary/aromatic N) is 1. The number of aryl methyl sites for hydroxylation is 2. The van der Waals surface area contributed by atoms with Crippen LogP contribution in [-0.4, -0.2) is 35.0 Å². The molecule has 4 rings (SSSR count). The van der Waals surface area contributed by atoms with Crippen LogP contribution >= 0.6 is 11.6 Å². The molecule has 0 aliphatic carbocycles. The highest BCUT2D eigenvalue weighted by atomic mass is 35.5. The monoisotopic (exact) mass is 424 g/mol. The quantitative estimate of drug-likeness (QED) is 0.650. The number of hydrogen-bond donors (Lipinski definition) is 1. The van der Waals surface area contributed by atoms with Gasteiger partial charge in [-0.15, -0.1) is 0 Å². The second-order valence-electron chi connectivity index (χ2n) is 7.93. The van der Waals surface area contributed by atoms with Gasteiger partial charge in [-0.3, -0.25) is 9.59 Å². The molecule has 0 spiro atoms. The number of pyridine rings is 1. The van der Waals surface area contributed by atoms with Crippen molar-refractivity contribution in [2.24, 2.45) is 0 Å². The van der Waals surface area contributed by atoms with E-state index in [0.717, 1.165) is 34.9 Å². The molecule has 2 heterocycles. The molecule has 30 heavy (non-hydrogen) atoms. The second-order valence-corrected chi connectivity index (χ2v) is 8.36. The third-order valence-corrected chi connectivity index (χ3v) is 6.03. The standard InChI is InChI=1S/C24H25ClN2O3/c1-15-8-9-17-11-19(23(28)26-22(17)16(15)2)13-27(14-21-7-4-10-30-21)24(29)18-5-3-6-20(25)12-18/h3,5-6,8-9,11-12,21H,4,7,10,13-14H2,1-2H3,(H,26,28). The number of amides is 1. The third kappa shape index (κ3) is 4.27. The predicted molar refractivity (Wildman–Crippen MR) is 119 cm³/mol. The van der Waals surface area contributed by atoms with E-state index in [1.807, 2.05) is 32.0 Å². The van der Waals surface area contributed by atoms with E-state index in [2.05, 4.69) is 4.98 Å². The number of nitrogens with one attached hydrogen (secondary N) is 1. The molecule has 1 saturated heterocycles. The van der Waals surface area contributed by atoms with Crippen molar-refractivity contribution in [1.82, 2.24) is 9.88 Å². The number of carbonyl (C=O) groups excluding carboxylic acids is 1. The first-order valence-electron chi connectivity index (χ1n) is 10.2. The van der Waals surface area contributed by atoms with Crippen LogP contribution in [0.1, 0.15) is 39.9 Å². The maximum Gasteiger partial charge on any atom is 0.254 e. The summed E-state index contributed by atoms with van der Waals surface area (Å²) in [6, 6.07) is 12.8. The fourth-order valence-corrected chi connectivity index (χ4v) is 4.14. The van der Waals surface area contributed by atoms with Gasteiger partial charge in [0.05, 0.1) is 18.2 Å². The SMILES string of the molecule is Cc1ccc2cc(CN(CC3CCCO3)C(=O)c3cccc(Cl)c3)c(=O)[nH]c2c1C.